The third-order valence-corrected chi connectivity index (χ3v) is 3.25. The van der Waals surface area contributed by atoms with Gasteiger partial charge in [-0.05, 0) is 19.1 Å². The first-order valence-electron chi connectivity index (χ1n) is 6.27. The molecule has 2 N–H and O–H groups in total. The lowest BCUT2D eigenvalue weighted by Gasteiger charge is -2.33. The van der Waals surface area contributed by atoms with Gasteiger partial charge < -0.3 is 15.4 Å². The lowest BCUT2D eigenvalue weighted by molar-refractivity contribution is 0.0271. The molecule has 7 heteroatoms. The summed E-state index contributed by atoms with van der Waals surface area (Å²) >= 11 is 0. The van der Waals surface area contributed by atoms with Gasteiger partial charge in [-0.2, -0.15) is 4.98 Å². The molecule has 102 valence electrons. The highest BCUT2D eigenvalue weighted by Crippen LogP contribution is 2.16. The number of rotatable bonds is 2. The van der Waals surface area contributed by atoms with Crippen LogP contribution in [0.25, 0.3) is 5.65 Å². The Kier molecular flexibility index (Phi) is 3.08. The van der Waals surface area contributed by atoms with Crippen LogP contribution in [0.1, 0.15) is 6.92 Å². The van der Waals surface area contributed by atoms with Crippen molar-refractivity contribution >= 4 is 11.6 Å². The summed E-state index contributed by atoms with van der Waals surface area (Å²) in [5.74, 6) is 0.249. The quantitative estimate of drug-likeness (QED) is 0.852. The van der Waals surface area contributed by atoms with Gasteiger partial charge in [0.05, 0.1) is 18.9 Å². The number of aromatic nitrogens is 3. The van der Waals surface area contributed by atoms with E-state index in [9.17, 15) is 4.39 Å². The molecule has 0 amide bonds. The largest absolute Gasteiger partial charge is 0.373 e. The van der Waals surface area contributed by atoms with Crippen LogP contribution in [0, 0.1) is 5.82 Å². The monoisotopic (exact) mass is 265 g/mol. The second-order valence-corrected chi connectivity index (χ2v) is 4.78. The normalized spacial score (nSPS) is 21.8. The molecule has 0 aliphatic carbocycles. The molecular formula is C12H16FN5O. The first-order chi connectivity index (χ1) is 9.13. The number of nitrogens with two attached hydrogens (primary N) is 1. The van der Waals surface area contributed by atoms with Crippen LogP contribution in [-0.4, -0.2) is 46.4 Å². The van der Waals surface area contributed by atoms with Crippen LogP contribution in [0.3, 0.4) is 0 Å². The molecule has 3 rings (SSSR count). The van der Waals surface area contributed by atoms with Crippen molar-refractivity contribution in [3.63, 3.8) is 0 Å². The third kappa shape index (κ3) is 2.39. The number of fused-ring (bicyclic) bond motifs is 1. The minimum Gasteiger partial charge on any atom is -0.373 e. The highest BCUT2D eigenvalue weighted by atomic mass is 19.1. The molecule has 0 saturated carbocycles. The van der Waals surface area contributed by atoms with Crippen LogP contribution in [0.5, 0.6) is 0 Å². The molecule has 2 aromatic rings. The fourth-order valence-electron chi connectivity index (χ4n) is 2.16. The predicted molar refractivity (Wildman–Crippen MR) is 68.5 cm³/mol. The maximum Gasteiger partial charge on any atom is 0.245 e. The van der Waals surface area contributed by atoms with Gasteiger partial charge in [-0.1, -0.05) is 0 Å². The Morgan fingerprint density at radius 2 is 2.37 bits per heavy atom. The average molecular weight is 265 g/mol. The molecule has 0 radical (unpaired) electrons. The van der Waals surface area contributed by atoms with Crippen LogP contribution in [0.15, 0.2) is 18.3 Å². The van der Waals surface area contributed by atoms with Gasteiger partial charge in [-0.25, -0.2) is 8.91 Å². The summed E-state index contributed by atoms with van der Waals surface area (Å²) in [4.78, 5) is 6.40. The van der Waals surface area contributed by atoms with Gasteiger partial charge in [0.25, 0.3) is 0 Å². The Morgan fingerprint density at radius 1 is 1.53 bits per heavy atom. The summed E-state index contributed by atoms with van der Waals surface area (Å²) in [5.41, 5.74) is 6.48. The highest BCUT2D eigenvalue weighted by Gasteiger charge is 2.25. The molecular weight excluding hydrogens is 249 g/mol. The second-order valence-electron chi connectivity index (χ2n) is 4.78. The van der Waals surface area contributed by atoms with Gasteiger partial charge in [-0.3, -0.25) is 0 Å². The molecule has 0 aromatic carbocycles. The zero-order valence-electron chi connectivity index (χ0n) is 10.7. The molecule has 1 aliphatic rings. The lowest BCUT2D eigenvalue weighted by Crippen LogP contribution is -2.50. The fraction of sp³-hybridized carbons (Fsp3) is 0.500. The maximum atomic E-state index is 13.1. The van der Waals surface area contributed by atoms with E-state index >= 15 is 0 Å². The molecule has 1 fully saturated rings. The van der Waals surface area contributed by atoms with Crippen molar-refractivity contribution in [3.05, 3.63) is 24.1 Å². The Morgan fingerprint density at radius 3 is 3.16 bits per heavy atom. The van der Waals surface area contributed by atoms with Gasteiger partial charge in [0.1, 0.15) is 5.82 Å². The lowest BCUT2D eigenvalue weighted by atomic mass is 10.1. The van der Waals surface area contributed by atoms with Gasteiger partial charge in [-0.15, -0.1) is 5.10 Å². The number of halogens is 1. The molecule has 2 unspecified atom stereocenters. The molecule has 2 atom stereocenters. The summed E-state index contributed by atoms with van der Waals surface area (Å²) in [6.07, 6.45) is 1.28. The van der Waals surface area contributed by atoms with Crippen LogP contribution in [0.2, 0.25) is 0 Å². The van der Waals surface area contributed by atoms with E-state index in [0.29, 0.717) is 31.3 Å². The van der Waals surface area contributed by atoms with Crippen LogP contribution < -0.4 is 10.6 Å². The molecule has 19 heavy (non-hydrogen) atoms. The molecule has 6 nitrogen and oxygen atoms in total. The van der Waals surface area contributed by atoms with E-state index in [1.165, 1.54) is 16.8 Å². The van der Waals surface area contributed by atoms with Crippen LogP contribution >= 0.6 is 0 Å². The smallest absolute Gasteiger partial charge is 0.245 e. The van der Waals surface area contributed by atoms with Crippen molar-refractivity contribution in [2.45, 2.75) is 19.1 Å². The Balaban J connectivity index is 1.87. The van der Waals surface area contributed by atoms with Crippen molar-refractivity contribution in [1.29, 1.82) is 0 Å². The third-order valence-electron chi connectivity index (χ3n) is 3.25. The molecule has 0 bridgehead atoms. The van der Waals surface area contributed by atoms with E-state index in [1.807, 2.05) is 11.8 Å². The van der Waals surface area contributed by atoms with Crippen LogP contribution in [-0.2, 0) is 4.74 Å². The Bertz CT molecular complexity index is 585. The van der Waals surface area contributed by atoms with Crippen LogP contribution in [0.4, 0.5) is 10.3 Å². The zero-order valence-corrected chi connectivity index (χ0v) is 10.7. The van der Waals surface area contributed by atoms with Crippen molar-refractivity contribution in [1.82, 2.24) is 14.6 Å². The molecule has 1 aliphatic heterocycles. The minimum absolute atomic E-state index is 0.0305. The van der Waals surface area contributed by atoms with Crippen molar-refractivity contribution in [3.8, 4) is 0 Å². The molecule has 3 heterocycles. The van der Waals surface area contributed by atoms with E-state index in [0.717, 1.165) is 0 Å². The van der Waals surface area contributed by atoms with Crippen molar-refractivity contribution in [2.75, 3.05) is 24.6 Å². The SMILES string of the molecule is CC(N)C1CN(c2nc3ccc(F)cn3n2)CCO1. The Hall–Kier alpha value is -1.73. The first kappa shape index (κ1) is 12.3. The topological polar surface area (TPSA) is 68.7 Å². The molecule has 1 saturated heterocycles. The van der Waals surface area contributed by atoms with Crippen molar-refractivity contribution in [2.24, 2.45) is 5.73 Å². The van der Waals surface area contributed by atoms with E-state index in [2.05, 4.69) is 10.1 Å². The minimum atomic E-state index is -0.334. The number of pyridine rings is 1. The standard InChI is InChI=1S/C12H16FN5O/c1-8(14)10-7-17(4-5-19-10)12-15-11-3-2-9(13)6-18(11)16-12/h2-3,6,8,10H,4-5,7,14H2,1H3. The summed E-state index contributed by atoms with van der Waals surface area (Å²) in [6.45, 7) is 3.87. The van der Waals surface area contributed by atoms with Gasteiger partial charge in [0, 0.05) is 19.1 Å². The van der Waals surface area contributed by atoms with E-state index < -0.39 is 0 Å². The number of hydrogen-bond donors (Lipinski definition) is 1. The first-order valence-corrected chi connectivity index (χ1v) is 6.27. The number of morpholine rings is 1. The number of ether oxygens (including phenoxy) is 1. The van der Waals surface area contributed by atoms with E-state index in [-0.39, 0.29) is 18.0 Å². The van der Waals surface area contributed by atoms with E-state index in [1.54, 1.807) is 6.07 Å². The fourth-order valence-corrected chi connectivity index (χ4v) is 2.16. The average Bonchev–Trinajstić information content (AvgIpc) is 2.81. The maximum absolute atomic E-state index is 13.1. The van der Waals surface area contributed by atoms with Crippen molar-refractivity contribution < 1.29 is 9.13 Å². The Labute approximate surface area is 110 Å². The molecule has 2 aromatic heterocycles. The molecule has 0 spiro atoms. The summed E-state index contributed by atoms with van der Waals surface area (Å²) in [6, 6.07) is 2.94. The summed E-state index contributed by atoms with van der Waals surface area (Å²) in [7, 11) is 0. The van der Waals surface area contributed by atoms with E-state index in [4.69, 9.17) is 10.5 Å². The summed E-state index contributed by atoms with van der Waals surface area (Å²) < 4.78 is 20.2. The number of anilines is 1. The van der Waals surface area contributed by atoms with Gasteiger partial charge >= 0.3 is 0 Å². The number of nitrogens with zero attached hydrogens (tertiary/aromatic N) is 4. The highest BCUT2D eigenvalue weighted by molar-refractivity contribution is 5.44. The zero-order chi connectivity index (χ0) is 13.4. The summed E-state index contributed by atoms with van der Waals surface area (Å²) in [5, 5.41) is 4.29. The second kappa shape index (κ2) is 4.75. The van der Waals surface area contributed by atoms with Gasteiger partial charge in [0.15, 0.2) is 5.65 Å². The van der Waals surface area contributed by atoms with Gasteiger partial charge in [0.2, 0.25) is 5.95 Å². The predicted octanol–water partition coefficient (Wildman–Crippen LogP) is 0.421. The number of hydrogen-bond acceptors (Lipinski definition) is 5.